The summed E-state index contributed by atoms with van der Waals surface area (Å²) < 4.78 is 13.2. The van der Waals surface area contributed by atoms with E-state index in [1.807, 2.05) is 13.8 Å². The van der Waals surface area contributed by atoms with E-state index in [4.69, 9.17) is 10.7 Å². The van der Waals surface area contributed by atoms with Gasteiger partial charge in [-0.05, 0) is 62.1 Å². The predicted molar refractivity (Wildman–Crippen MR) is 100 cm³/mol. The second-order valence-electron chi connectivity index (χ2n) is 6.25. The highest BCUT2D eigenvalue weighted by Gasteiger charge is 2.25. The van der Waals surface area contributed by atoms with Gasteiger partial charge in [-0.1, -0.05) is 6.92 Å². The number of aryl methyl sites for hydroxylation is 2. The fourth-order valence-electron chi connectivity index (χ4n) is 3.37. The number of rotatable bonds is 4. The van der Waals surface area contributed by atoms with Crippen LogP contribution >= 0.6 is 12.4 Å². The molecular formula is C19H23ClFN3O. The monoisotopic (exact) mass is 363 g/mol. The Morgan fingerprint density at radius 3 is 2.64 bits per heavy atom. The van der Waals surface area contributed by atoms with E-state index >= 15 is 0 Å². The Morgan fingerprint density at radius 1 is 1.36 bits per heavy atom. The van der Waals surface area contributed by atoms with Crippen LogP contribution in [-0.2, 0) is 11.2 Å². The van der Waals surface area contributed by atoms with Crippen LogP contribution in [0, 0.1) is 12.7 Å². The molecule has 2 aromatic rings. The maximum Gasteiger partial charge on any atom is 0.226 e. The van der Waals surface area contributed by atoms with E-state index in [-0.39, 0.29) is 30.0 Å². The van der Waals surface area contributed by atoms with Crippen LogP contribution in [0.2, 0.25) is 0 Å². The number of carbonyl (C=O) groups excluding carboxylic acids is 1. The molecule has 1 aliphatic rings. The molecule has 2 N–H and O–H groups in total. The lowest BCUT2D eigenvalue weighted by Crippen LogP contribution is -2.28. The number of nitrogens with zero attached hydrogens (tertiary/aromatic N) is 2. The summed E-state index contributed by atoms with van der Waals surface area (Å²) in [4.78, 5) is 18.6. The van der Waals surface area contributed by atoms with Crippen molar-refractivity contribution in [2.45, 2.75) is 39.0 Å². The number of hydrogen-bond donors (Lipinski definition) is 1. The second kappa shape index (κ2) is 7.83. The summed E-state index contributed by atoms with van der Waals surface area (Å²) in [6.45, 7) is 4.78. The number of pyridine rings is 1. The molecule has 1 atom stereocenters. The Morgan fingerprint density at radius 2 is 2.04 bits per heavy atom. The Kier molecular flexibility index (Phi) is 6.01. The van der Waals surface area contributed by atoms with Gasteiger partial charge in [0, 0.05) is 12.2 Å². The van der Waals surface area contributed by atoms with Crippen molar-refractivity contribution in [3.05, 3.63) is 53.1 Å². The molecule has 0 radical (unpaired) electrons. The van der Waals surface area contributed by atoms with Crippen LogP contribution in [0.3, 0.4) is 0 Å². The molecule has 4 nitrogen and oxygen atoms in total. The Hall–Kier alpha value is -2.14. The molecule has 0 fully saturated rings. The molecule has 0 aliphatic carbocycles. The van der Waals surface area contributed by atoms with Crippen LogP contribution in [0.5, 0.6) is 0 Å². The molecule has 2 heterocycles. The Balaban J connectivity index is 0.00000225. The predicted octanol–water partition coefficient (Wildman–Crippen LogP) is 4.01. The standard InChI is InChI=1S/C19H22FN3O.ClH/c1-3-15(19(21)24)18-12(2)11-17-16(22-18)5-4-10-23(17)14-8-6-13(20)7-9-14;/h6-9,11,15H,3-5,10H2,1-2H3,(H2,21,24);1H. The molecule has 1 unspecified atom stereocenters. The summed E-state index contributed by atoms with van der Waals surface area (Å²) in [5.74, 6) is -0.927. The number of primary amides is 1. The third-order valence-corrected chi connectivity index (χ3v) is 4.61. The molecule has 0 saturated carbocycles. The summed E-state index contributed by atoms with van der Waals surface area (Å²) in [5.41, 5.74) is 10.2. The van der Waals surface area contributed by atoms with Crippen LogP contribution < -0.4 is 10.6 Å². The highest BCUT2D eigenvalue weighted by molar-refractivity contribution is 5.85. The number of amides is 1. The van der Waals surface area contributed by atoms with E-state index in [2.05, 4.69) is 11.0 Å². The summed E-state index contributed by atoms with van der Waals surface area (Å²) >= 11 is 0. The number of carbonyl (C=O) groups is 1. The molecule has 0 bridgehead atoms. The first-order chi connectivity index (χ1) is 11.5. The van der Waals surface area contributed by atoms with Gasteiger partial charge in [-0.15, -0.1) is 12.4 Å². The number of halogens is 2. The zero-order valence-electron chi connectivity index (χ0n) is 14.5. The van der Waals surface area contributed by atoms with Crippen molar-refractivity contribution in [2.75, 3.05) is 11.4 Å². The lowest BCUT2D eigenvalue weighted by atomic mass is 9.95. The molecule has 1 aromatic heterocycles. The quantitative estimate of drug-likeness (QED) is 0.892. The molecule has 134 valence electrons. The SMILES string of the molecule is CCC(C(N)=O)c1nc2c(cc1C)N(c1ccc(F)cc1)CCC2.Cl. The van der Waals surface area contributed by atoms with Gasteiger partial charge in [0.1, 0.15) is 5.82 Å². The smallest absolute Gasteiger partial charge is 0.226 e. The number of anilines is 2. The minimum Gasteiger partial charge on any atom is -0.369 e. The van der Waals surface area contributed by atoms with E-state index in [9.17, 15) is 9.18 Å². The first-order valence-corrected chi connectivity index (χ1v) is 8.34. The highest BCUT2D eigenvalue weighted by Crippen LogP contribution is 2.35. The molecule has 1 aromatic carbocycles. The first kappa shape index (κ1) is 19.2. The maximum atomic E-state index is 13.2. The van der Waals surface area contributed by atoms with E-state index in [1.54, 1.807) is 12.1 Å². The Bertz CT molecular complexity index is 764. The fourth-order valence-corrected chi connectivity index (χ4v) is 3.37. The number of hydrogen-bond acceptors (Lipinski definition) is 3. The van der Waals surface area contributed by atoms with E-state index in [1.165, 1.54) is 12.1 Å². The summed E-state index contributed by atoms with van der Waals surface area (Å²) in [6, 6.07) is 8.58. The lowest BCUT2D eigenvalue weighted by Gasteiger charge is -2.32. The van der Waals surface area contributed by atoms with Crippen molar-refractivity contribution in [1.82, 2.24) is 4.98 Å². The zero-order chi connectivity index (χ0) is 17.3. The number of nitrogens with two attached hydrogens (primary N) is 1. The Labute approximate surface area is 153 Å². The molecule has 3 rings (SSSR count). The average Bonchev–Trinajstić information content (AvgIpc) is 2.56. The van der Waals surface area contributed by atoms with Gasteiger partial charge in [0.05, 0.1) is 23.0 Å². The largest absolute Gasteiger partial charge is 0.369 e. The summed E-state index contributed by atoms with van der Waals surface area (Å²) in [7, 11) is 0. The van der Waals surface area contributed by atoms with Gasteiger partial charge in [-0.25, -0.2) is 4.39 Å². The molecule has 0 saturated heterocycles. The normalized spacial score (nSPS) is 14.4. The second-order valence-corrected chi connectivity index (χ2v) is 6.25. The average molecular weight is 364 g/mol. The lowest BCUT2D eigenvalue weighted by molar-refractivity contribution is -0.119. The number of benzene rings is 1. The van der Waals surface area contributed by atoms with Crippen LogP contribution in [-0.4, -0.2) is 17.4 Å². The number of fused-ring (bicyclic) bond motifs is 1. The van der Waals surface area contributed by atoms with Crippen LogP contribution in [0.15, 0.2) is 30.3 Å². The van der Waals surface area contributed by atoms with Gasteiger partial charge in [0.2, 0.25) is 5.91 Å². The van der Waals surface area contributed by atoms with Crippen LogP contribution in [0.4, 0.5) is 15.8 Å². The first-order valence-electron chi connectivity index (χ1n) is 8.34. The fraction of sp³-hybridized carbons (Fsp3) is 0.368. The zero-order valence-corrected chi connectivity index (χ0v) is 15.3. The summed E-state index contributed by atoms with van der Waals surface area (Å²) in [6.07, 6.45) is 2.48. The third-order valence-electron chi connectivity index (χ3n) is 4.61. The van der Waals surface area contributed by atoms with Crippen molar-refractivity contribution in [2.24, 2.45) is 5.73 Å². The third kappa shape index (κ3) is 3.76. The van der Waals surface area contributed by atoms with Gasteiger partial charge < -0.3 is 10.6 Å². The maximum absolute atomic E-state index is 13.2. The highest BCUT2D eigenvalue weighted by atomic mass is 35.5. The van der Waals surface area contributed by atoms with Gasteiger partial charge >= 0.3 is 0 Å². The van der Waals surface area contributed by atoms with Crippen molar-refractivity contribution in [1.29, 1.82) is 0 Å². The van der Waals surface area contributed by atoms with Gasteiger partial charge in [-0.2, -0.15) is 0 Å². The van der Waals surface area contributed by atoms with Crippen molar-refractivity contribution >= 4 is 29.7 Å². The van der Waals surface area contributed by atoms with Crippen molar-refractivity contribution in [3.63, 3.8) is 0 Å². The van der Waals surface area contributed by atoms with Gasteiger partial charge in [0.25, 0.3) is 0 Å². The number of aromatic nitrogens is 1. The molecule has 1 amide bonds. The molecule has 0 spiro atoms. The van der Waals surface area contributed by atoms with Gasteiger partial charge in [-0.3, -0.25) is 9.78 Å². The van der Waals surface area contributed by atoms with Crippen LogP contribution in [0.25, 0.3) is 0 Å². The molecular weight excluding hydrogens is 341 g/mol. The van der Waals surface area contributed by atoms with E-state index in [0.717, 1.165) is 47.7 Å². The molecule has 25 heavy (non-hydrogen) atoms. The molecule has 6 heteroatoms. The minimum atomic E-state index is -0.350. The van der Waals surface area contributed by atoms with E-state index < -0.39 is 0 Å². The van der Waals surface area contributed by atoms with Crippen LogP contribution in [0.1, 0.15) is 42.6 Å². The topological polar surface area (TPSA) is 59.2 Å². The van der Waals surface area contributed by atoms with Gasteiger partial charge in [0.15, 0.2) is 0 Å². The van der Waals surface area contributed by atoms with Crippen molar-refractivity contribution < 1.29 is 9.18 Å². The van der Waals surface area contributed by atoms with Crippen molar-refractivity contribution in [3.8, 4) is 0 Å². The minimum absolute atomic E-state index is 0. The summed E-state index contributed by atoms with van der Waals surface area (Å²) in [5, 5.41) is 0. The van der Waals surface area contributed by atoms with E-state index in [0.29, 0.717) is 6.42 Å². The molecule has 1 aliphatic heterocycles.